The topological polar surface area (TPSA) is 69.2 Å². The molecule has 3 heterocycles. The fraction of sp³-hybridized carbons (Fsp3) is 0.167. The molecule has 0 bridgehead atoms. The molecule has 6 heteroatoms. The number of pyridine rings is 1. The molecule has 6 nitrogen and oxygen atoms in total. The van der Waals surface area contributed by atoms with Crippen LogP contribution in [0.1, 0.15) is 0 Å². The van der Waals surface area contributed by atoms with Gasteiger partial charge in [-0.05, 0) is 30.3 Å². The summed E-state index contributed by atoms with van der Waals surface area (Å²) >= 11 is 0. The molecule has 2 aromatic heterocycles. The average molecular weight is 320 g/mol. The van der Waals surface area contributed by atoms with Gasteiger partial charge in [0.1, 0.15) is 12.7 Å². The summed E-state index contributed by atoms with van der Waals surface area (Å²) in [5.74, 6) is 2.08. The van der Waals surface area contributed by atoms with E-state index in [0.717, 1.165) is 22.9 Å². The molecule has 1 N–H and O–H groups in total. The number of nitrogens with one attached hydrogen (secondary N) is 1. The summed E-state index contributed by atoms with van der Waals surface area (Å²) in [4.78, 5) is 13.0. The van der Waals surface area contributed by atoms with Crippen LogP contribution in [-0.4, -0.2) is 34.2 Å². The van der Waals surface area contributed by atoms with Gasteiger partial charge in [-0.25, -0.2) is 9.97 Å². The summed E-state index contributed by atoms with van der Waals surface area (Å²) < 4.78 is 11.6. The summed E-state index contributed by atoms with van der Waals surface area (Å²) in [6, 6.07) is 15.2. The third kappa shape index (κ3) is 3.12. The van der Waals surface area contributed by atoms with Gasteiger partial charge in [0.25, 0.3) is 0 Å². The van der Waals surface area contributed by atoms with E-state index in [0.29, 0.717) is 19.1 Å². The first kappa shape index (κ1) is 14.4. The quantitative estimate of drug-likeness (QED) is 0.797. The van der Waals surface area contributed by atoms with Crippen molar-refractivity contribution in [2.45, 2.75) is 6.10 Å². The van der Waals surface area contributed by atoms with Gasteiger partial charge in [-0.15, -0.1) is 0 Å². The van der Waals surface area contributed by atoms with Crippen molar-refractivity contribution in [2.24, 2.45) is 0 Å². The van der Waals surface area contributed by atoms with Crippen LogP contribution in [0.15, 0.2) is 60.9 Å². The first-order valence-corrected chi connectivity index (χ1v) is 7.75. The van der Waals surface area contributed by atoms with E-state index in [1.54, 1.807) is 12.4 Å². The second-order valence-electron chi connectivity index (χ2n) is 5.36. The van der Waals surface area contributed by atoms with E-state index in [1.807, 2.05) is 48.5 Å². The van der Waals surface area contributed by atoms with Gasteiger partial charge in [0.15, 0.2) is 11.5 Å². The van der Waals surface area contributed by atoms with Crippen molar-refractivity contribution in [1.29, 1.82) is 0 Å². The molecule has 1 atom stereocenters. The Labute approximate surface area is 139 Å². The van der Waals surface area contributed by atoms with Crippen LogP contribution in [0.25, 0.3) is 11.4 Å². The number of aromatic nitrogens is 3. The summed E-state index contributed by atoms with van der Waals surface area (Å²) in [6.07, 6.45) is 3.37. The molecule has 1 aromatic carbocycles. The monoisotopic (exact) mass is 320 g/mol. The van der Waals surface area contributed by atoms with E-state index in [1.165, 1.54) is 0 Å². The highest BCUT2D eigenvalue weighted by Gasteiger charge is 2.20. The molecule has 1 aliphatic heterocycles. The highest BCUT2D eigenvalue weighted by molar-refractivity contribution is 5.54. The van der Waals surface area contributed by atoms with Gasteiger partial charge in [-0.2, -0.15) is 0 Å². The minimum Gasteiger partial charge on any atom is -0.486 e. The molecule has 0 radical (unpaired) electrons. The van der Waals surface area contributed by atoms with Gasteiger partial charge in [-0.3, -0.25) is 4.98 Å². The van der Waals surface area contributed by atoms with Crippen LogP contribution in [-0.2, 0) is 0 Å². The lowest BCUT2D eigenvalue weighted by molar-refractivity contribution is 0.0996. The molecule has 1 unspecified atom stereocenters. The number of fused-ring (bicyclic) bond motifs is 1. The normalized spacial score (nSPS) is 15.8. The van der Waals surface area contributed by atoms with E-state index in [-0.39, 0.29) is 6.10 Å². The zero-order valence-electron chi connectivity index (χ0n) is 12.9. The Balaban J connectivity index is 1.42. The largest absolute Gasteiger partial charge is 0.486 e. The summed E-state index contributed by atoms with van der Waals surface area (Å²) in [5, 5.41) is 3.20. The Kier molecular flexibility index (Phi) is 3.93. The van der Waals surface area contributed by atoms with Crippen LogP contribution < -0.4 is 14.8 Å². The molecular weight excluding hydrogens is 304 g/mol. The van der Waals surface area contributed by atoms with Crippen molar-refractivity contribution in [3.05, 3.63) is 60.9 Å². The lowest BCUT2D eigenvalue weighted by atomic mass is 10.2. The van der Waals surface area contributed by atoms with Crippen molar-refractivity contribution in [1.82, 2.24) is 15.0 Å². The molecule has 0 amide bonds. The van der Waals surface area contributed by atoms with Crippen LogP contribution in [0.3, 0.4) is 0 Å². The molecule has 4 rings (SSSR count). The number of hydrogen-bond donors (Lipinski definition) is 1. The highest BCUT2D eigenvalue weighted by atomic mass is 16.6. The van der Waals surface area contributed by atoms with Crippen molar-refractivity contribution < 1.29 is 9.47 Å². The maximum absolute atomic E-state index is 5.91. The van der Waals surface area contributed by atoms with Gasteiger partial charge < -0.3 is 14.8 Å². The minimum absolute atomic E-state index is 0.0954. The van der Waals surface area contributed by atoms with Crippen LogP contribution in [0.4, 0.5) is 5.95 Å². The van der Waals surface area contributed by atoms with Crippen LogP contribution in [0, 0.1) is 0 Å². The van der Waals surface area contributed by atoms with Gasteiger partial charge in [-0.1, -0.05) is 18.2 Å². The molecule has 0 saturated carbocycles. The Bertz CT molecular complexity index is 826. The Morgan fingerprint density at radius 3 is 2.67 bits per heavy atom. The Hall–Kier alpha value is -3.15. The number of para-hydroxylation sites is 2. The second kappa shape index (κ2) is 6.54. The first-order chi connectivity index (χ1) is 11.9. The zero-order valence-corrected chi connectivity index (χ0v) is 12.9. The highest BCUT2D eigenvalue weighted by Crippen LogP contribution is 2.30. The summed E-state index contributed by atoms with van der Waals surface area (Å²) in [6.45, 7) is 1.05. The van der Waals surface area contributed by atoms with Gasteiger partial charge >= 0.3 is 0 Å². The summed E-state index contributed by atoms with van der Waals surface area (Å²) in [5.41, 5.74) is 1.59. The maximum Gasteiger partial charge on any atom is 0.223 e. The number of rotatable bonds is 4. The minimum atomic E-state index is -0.0954. The average Bonchev–Trinajstić information content (AvgIpc) is 2.67. The molecular formula is C18H16N4O2. The third-order valence-electron chi connectivity index (χ3n) is 3.64. The molecule has 0 fully saturated rings. The van der Waals surface area contributed by atoms with Crippen molar-refractivity contribution in [2.75, 3.05) is 18.5 Å². The number of hydrogen-bond acceptors (Lipinski definition) is 6. The number of benzene rings is 1. The number of ether oxygens (including phenoxy) is 2. The number of anilines is 1. The van der Waals surface area contributed by atoms with E-state index >= 15 is 0 Å². The first-order valence-electron chi connectivity index (χ1n) is 7.75. The molecule has 0 saturated heterocycles. The molecule has 24 heavy (non-hydrogen) atoms. The molecule has 0 spiro atoms. The molecule has 1 aliphatic rings. The third-order valence-corrected chi connectivity index (χ3v) is 3.64. The lowest BCUT2D eigenvalue weighted by Crippen LogP contribution is -2.35. The van der Waals surface area contributed by atoms with Gasteiger partial charge in [0.05, 0.1) is 17.9 Å². The summed E-state index contributed by atoms with van der Waals surface area (Å²) in [7, 11) is 0. The Morgan fingerprint density at radius 2 is 1.79 bits per heavy atom. The van der Waals surface area contributed by atoms with Crippen LogP contribution in [0.5, 0.6) is 11.5 Å². The standard InChI is InChI=1S/C18H16N4O2/c1-2-7-17-16(6-1)23-12-13(24-17)11-21-18-20-10-8-15(22-18)14-5-3-4-9-19-14/h1-10,13H,11-12H2,(H,20,21,22). The van der Waals surface area contributed by atoms with Crippen molar-refractivity contribution in [3.8, 4) is 22.9 Å². The molecule has 120 valence electrons. The fourth-order valence-corrected chi connectivity index (χ4v) is 2.47. The predicted octanol–water partition coefficient (Wildman–Crippen LogP) is 2.79. The molecule has 0 aliphatic carbocycles. The SMILES string of the molecule is c1ccc(-c2ccnc(NCC3COc4ccccc4O3)n2)nc1. The van der Waals surface area contributed by atoms with Gasteiger partial charge in [0.2, 0.25) is 5.95 Å². The number of nitrogens with zero attached hydrogens (tertiary/aromatic N) is 3. The van der Waals surface area contributed by atoms with Crippen LogP contribution in [0.2, 0.25) is 0 Å². The van der Waals surface area contributed by atoms with Gasteiger partial charge in [0, 0.05) is 12.4 Å². The van der Waals surface area contributed by atoms with Crippen molar-refractivity contribution >= 4 is 5.95 Å². The fourth-order valence-electron chi connectivity index (χ4n) is 2.47. The Morgan fingerprint density at radius 1 is 0.917 bits per heavy atom. The second-order valence-corrected chi connectivity index (χ2v) is 5.36. The van der Waals surface area contributed by atoms with E-state index in [2.05, 4.69) is 20.3 Å². The molecule has 3 aromatic rings. The lowest BCUT2D eigenvalue weighted by Gasteiger charge is -2.26. The smallest absolute Gasteiger partial charge is 0.223 e. The zero-order chi connectivity index (χ0) is 16.2. The predicted molar refractivity (Wildman–Crippen MR) is 90.1 cm³/mol. The van der Waals surface area contributed by atoms with Crippen LogP contribution >= 0.6 is 0 Å². The van der Waals surface area contributed by atoms with Crippen molar-refractivity contribution in [3.63, 3.8) is 0 Å². The maximum atomic E-state index is 5.91. The van der Waals surface area contributed by atoms with E-state index < -0.39 is 0 Å². The van der Waals surface area contributed by atoms with E-state index in [9.17, 15) is 0 Å². The van der Waals surface area contributed by atoms with E-state index in [4.69, 9.17) is 9.47 Å².